The molecule has 10 nitrogen and oxygen atoms in total. The molecule has 0 radical (unpaired) electrons. The zero-order valence-corrected chi connectivity index (χ0v) is 20.7. The summed E-state index contributed by atoms with van der Waals surface area (Å²) in [4.78, 5) is 57.4. The van der Waals surface area contributed by atoms with Gasteiger partial charge in [0.05, 0.1) is 12.6 Å². The Balaban J connectivity index is 0.000000493. The number of likely N-dealkylation sites (tertiary alicyclic amines) is 2. The molecular formula is C24H36N2O8. The van der Waals surface area contributed by atoms with Crippen LogP contribution in [0.2, 0.25) is 0 Å². The van der Waals surface area contributed by atoms with E-state index in [0.29, 0.717) is 25.2 Å². The fourth-order valence-corrected chi connectivity index (χ4v) is 2.65. The summed E-state index contributed by atoms with van der Waals surface area (Å²) in [7, 11) is 0. The lowest BCUT2D eigenvalue weighted by Gasteiger charge is -2.14. The van der Waals surface area contributed by atoms with Gasteiger partial charge in [0.2, 0.25) is 11.8 Å². The van der Waals surface area contributed by atoms with E-state index >= 15 is 0 Å². The number of carbonyl (C=O) groups excluding carboxylic acids is 5. The average molecular weight is 481 g/mol. The van der Waals surface area contributed by atoms with Gasteiger partial charge >= 0.3 is 17.9 Å². The van der Waals surface area contributed by atoms with Gasteiger partial charge in [-0.15, -0.1) is 0 Å². The van der Waals surface area contributed by atoms with E-state index in [9.17, 15) is 24.0 Å². The molecule has 34 heavy (non-hydrogen) atoms. The fraction of sp³-hybridized carbons (Fsp3) is 0.542. The van der Waals surface area contributed by atoms with Crippen molar-refractivity contribution in [3.8, 4) is 0 Å². The van der Waals surface area contributed by atoms with Crippen LogP contribution in [0.5, 0.6) is 0 Å². The van der Waals surface area contributed by atoms with Crippen LogP contribution in [-0.4, -0.2) is 83.0 Å². The van der Waals surface area contributed by atoms with Gasteiger partial charge in [0.1, 0.15) is 6.10 Å². The molecule has 0 spiro atoms. The number of β-amino-alcohol motifs (C(OH)–C–C–N with tert-alkyl or cyclic N) is 1. The summed E-state index contributed by atoms with van der Waals surface area (Å²) >= 11 is 0. The lowest BCUT2D eigenvalue weighted by Crippen LogP contribution is -2.28. The second-order valence-corrected chi connectivity index (χ2v) is 8.21. The zero-order valence-electron chi connectivity index (χ0n) is 20.7. The number of aliphatic hydroxyl groups excluding tert-OH is 1. The SMILES string of the molecule is C=C(C)C(=O)OC(=O)C(=C)C.C=C(C)C(=O)OC1CCN(C(C)=O)C1.CC(=O)N1CCC(O)C1. The fourth-order valence-electron chi connectivity index (χ4n) is 2.65. The summed E-state index contributed by atoms with van der Waals surface area (Å²) in [6, 6.07) is 0. The number of nitrogens with zero attached hydrogens (tertiary/aromatic N) is 2. The lowest BCUT2D eigenvalue weighted by atomic mass is 10.3. The third-order valence-electron chi connectivity index (χ3n) is 4.70. The van der Waals surface area contributed by atoms with Crippen LogP contribution >= 0.6 is 0 Å². The highest BCUT2D eigenvalue weighted by Gasteiger charge is 2.27. The summed E-state index contributed by atoms with van der Waals surface area (Å²) in [5, 5.41) is 8.95. The van der Waals surface area contributed by atoms with Crippen molar-refractivity contribution in [3.63, 3.8) is 0 Å². The van der Waals surface area contributed by atoms with E-state index in [1.807, 2.05) is 0 Å². The van der Waals surface area contributed by atoms with Crippen LogP contribution in [0, 0.1) is 0 Å². The monoisotopic (exact) mass is 480 g/mol. The molecule has 1 N–H and O–H groups in total. The minimum absolute atomic E-state index is 0.0267. The second-order valence-electron chi connectivity index (χ2n) is 8.21. The molecule has 2 heterocycles. The highest BCUT2D eigenvalue weighted by molar-refractivity contribution is 6.00. The molecule has 2 unspecified atom stereocenters. The van der Waals surface area contributed by atoms with Crippen LogP contribution in [0.25, 0.3) is 0 Å². The zero-order chi connectivity index (χ0) is 26.6. The largest absolute Gasteiger partial charge is 0.457 e. The molecule has 0 aromatic heterocycles. The third-order valence-corrected chi connectivity index (χ3v) is 4.70. The minimum Gasteiger partial charge on any atom is -0.457 e. The van der Waals surface area contributed by atoms with E-state index in [1.54, 1.807) is 16.7 Å². The summed E-state index contributed by atoms with van der Waals surface area (Å²) in [6.07, 6.45) is 1.01. The predicted molar refractivity (Wildman–Crippen MR) is 125 cm³/mol. The molecule has 2 saturated heterocycles. The molecule has 10 heteroatoms. The van der Waals surface area contributed by atoms with E-state index in [4.69, 9.17) is 9.84 Å². The molecule has 0 aromatic carbocycles. The van der Waals surface area contributed by atoms with Crippen LogP contribution < -0.4 is 0 Å². The van der Waals surface area contributed by atoms with Gasteiger partial charge in [-0.2, -0.15) is 0 Å². The minimum atomic E-state index is -0.710. The van der Waals surface area contributed by atoms with E-state index in [-0.39, 0.29) is 41.1 Å². The molecule has 2 amide bonds. The maximum atomic E-state index is 11.2. The summed E-state index contributed by atoms with van der Waals surface area (Å²) < 4.78 is 9.42. The third kappa shape index (κ3) is 12.1. The number of ether oxygens (including phenoxy) is 2. The maximum Gasteiger partial charge on any atom is 0.340 e. The number of carbonyl (C=O) groups is 5. The number of aliphatic hydroxyl groups is 1. The highest BCUT2D eigenvalue weighted by Crippen LogP contribution is 2.14. The standard InChI is InChI=1S/C10H15NO3.C8H10O3.C6H11NO2/c1-7(2)10(13)14-9-4-5-11(6-9)8(3)12;1-5(2)7(9)11-8(10)6(3)4;1-5(8)7-3-2-6(9)4-7/h9H,1,4-6H2,2-3H3;1,3H2,2,4H3;6,9H,2-4H2,1H3. The van der Waals surface area contributed by atoms with Gasteiger partial charge in [-0.3, -0.25) is 9.59 Å². The average Bonchev–Trinajstić information content (AvgIpc) is 3.38. The second kappa shape index (κ2) is 14.8. The summed E-state index contributed by atoms with van der Waals surface area (Å²) in [5.41, 5.74) is 0.783. The van der Waals surface area contributed by atoms with Crippen LogP contribution in [0.15, 0.2) is 36.5 Å². The predicted octanol–water partition coefficient (Wildman–Crippen LogP) is 1.53. The first-order valence-electron chi connectivity index (χ1n) is 10.8. The Kier molecular flexibility index (Phi) is 13.4. The molecule has 0 saturated carbocycles. The Labute approximate surface area is 200 Å². The van der Waals surface area contributed by atoms with Crippen LogP contribution in [0.1, 0.15) is 47.5 Å². The number of amides is 2. The van der Waals surface area contributed by atoms with Gasteiger partial charge < -0.3 is 24.4 Å². The maximum absolute atomic E-state index is 11.2. The van der Waals surface area contributed by atoms with E-state index in [0.717, 1.165) is 19.4 Å². The first-order chi connectivity index (χ1) is 15.6. The van der Waals surface area contributed by atoms with Gasteiger partial charge in [0.25, 0.3) is 0 Å². The molecule has 0 bridgehead atoms. The Morgan fingerprint density at radius 3 is 1.41 bits per heavy atom. The Hall–Kier alpha value is -3.27. The molecular weight excluding hydrogens is 444 g/mol. The van der Waals surface area contributed by atoms with E-state index in [2.05, 4.69) is 24.5 Å². The molecule has 2 rings (SSSR count). The number of hydrogen-bond acceptors (Lipinski definition) is 8. The quantitative estimate of drug-likeness (QED) is 0.364. The van der Waals surface area contributed by atoms with Crippen LogP contribution in [-0.2, 0) is 33.4 Å². The number of esters is 3. The molecule has 190 valence electrons. The van der Waals surface area contributed by atoms with Gasteiger partial charge in [-0.05, 0) is 27.2 Å². The van der Waals surface area contributed by atoms with Crippen molar-refractivity contribution in [2.45, 2.75) is 59.7 Å². The molecule has 0 aromatic rings. The van der Waals surface area contributed by atoms with Crippen molar-refractivity contribution >= 4 is 29.7 Å². The first-order valence-corrected chi connectivity index (χ1v) is 10.8. The van der Waals surface area contributed by atoms with Crippen LogP contribution in [0.4, 0.5) is 0 Å². The van der Waals surface area contributed by atoms with E-state index < -0.39 is 11.9 Å². The molecule has 0 aliphatic carbocycles. The first kappa shape index (κ1) is 30.7. The van der Waals surface area contributed by atoms with Crippen molar-refractivity contribution < 1.29 is 38.6 Å². The van der Waals surface area contributed by atoms with Gasteiger partial charge in [-0.1, -0.05) is 19.7 Å². The smallest absolute Gasteiger partial charge is 0.340 e. The van der Waals surface area contributed by atoms with Crippen molar-refractivity contribution in [1.82, 2.24) is 9.80 Å². The Morgan fingerprint density at radius 1 is 0.706 bits per heavy atom. The highest BCUT2D eigenvalue weighted by atomic mass is 16.6. The topological polar surface area (TPSA) is 131 Å². The lowest BCUT2D eigenvalue weighted by molar-refractivity contribution is -0.154. The molecule has 2 aliphatic heterocycles. The van der Waals surface area contributed by atoms with E-state index in [1.165, 1.54) is 27.7 Å². The molecule has 2 fully saturated rings. The Morgan fingerprint density at radius 2 is 1.12 bits per heavy atom. The van der Waals surface area contributed by atoms with Crippen molar-refractivity contribution in [2.75, 3.05) is 26.2 Å². The summed E-state index contributed by atoms with van der Waals surface area (Å²) in [5.74, 6) is -1.71. The Bertz CT molecular complexity index is 809. The molecule has 2 aliphatic rings. The van der Waals surface area contributed by atoms with Crippen molar-refractivity contribution in [3.05, 3.63) is 36.5 Å². The summed E-state index contributed by atoms with van der Waals surface area (Å²) in [6.45, 7) is 20.1. The normalized spacial score (nSPS) is 18.4. The van der Waals surface area contributed by atoms with Gasteiger partial charge in [-0.25, -0.2) is 14.4 Å². The number of hydrogen-bond donors (Lipinski definition) is 1. The van der Waals surface area contributed by atoms with Crippen molar-refractivity contribution in [2.24, 2.45) is 0 Å². The van der Waals surface area contributed by atoms with Gasteiger partial charge in [0, 0.05) is 56.6 Å². The van der Waals surface area contributed by atoms with Crippen molar-refractivity contribution in [1.29, 1.82) is 0 Å². The number of rotatable bonds is 4. The molecule has 2 atom stereocenters. The van der Waals surface area contributed by atoms with Crippen LogP contribution in [0.3, 0.4) is 0 Å². The van der Waals surface area contributed by atoms with Gasteiger partial charge in [0.15, 0.2) is 0 Å².